The van der Waals surface area contributed by atoms with Crippen molar-refractivity contribution in [3.63, 3.8) is 0 Å². The fourth-order valence-electron chi connectivity index (χ4n) is 2.40. The molecule has 0 radical (unpaired) electrons. The molecule has 0 amide bonds. The molecule has 0 aliphatic heterocycles. The number of nitrogens with zero attached hydrogens (tertiary/aromatic N) is 3. The van der Waals surface area contributed by atoms with Crippen molar-refractivity contribution in [2.45, 2.75) is 6.54 Å². The monoisotopic (exact) mass is 351 g/mol. The van der Waals surface area contributed by atoms with Gasteiger partial charge in [0.1, 0.15) is 35.9 Å². The Balaban J connectivity index is 2.12. The quantitative estimate of drug-likeness (QED) is 0.733. The summed E-state index contributed by atoms with van der Waals surface area (Å²) in [6, 6.07) is 3.12. The van der Waals surface area contributed by atoms with Gasteiger partial charge in [0.15, 0.2) is 0 Å². The number of aromatic nitrogens is 3. The maximum absolute atomic E-state index is 14.4. The van der Waals surface area contributed by atoms with E-state index in [-0.39, 0.29) is 12.1 Å². The summed E-state index contributed by atoms with van der Waals surface area (Å²) in [5.41, 5.74) is -2.77. The lowest BCUT2D eigenvalue weighted by atomic mass is 9.98. The van der Waals surface area contributed by atoms with Crippen molar-refractivity contribution in [1.29, 1.82) is 0 Å². The molecule has 128 valence electrons. The molecule has 1 heterocycles. The van der Waals surface area contributed by atoms with E-state index in [1.165, 1.54) is 17.3 Å². The molecule has 0 spiro atoms. The summed E-state index contributed by atoms with van der Waals surface area (Å²) >= 11 is 0. The van der Waals surface area contributed by atoms with Crippen molar-refractivity contribution in [3.8, 4) is 11.1 Å². The predicted molar refractivity (Wildman–Crippen MR) is 77.8 cm³/mol. The van der Waals surface area contributed by atoms with Crippen molar-refractivity contribution in [2.24, 2.45) is 0 Å². The highest BCUT2D eigenvalue weighted by molar-refractivity contribution is 5.90. The highest BCUT2D eigenvalue weighted by atomic mass is 19.1. The van der Waals surface area contributed by atoms with Crippen LogP contribution in [0.5, 0.6) is 0 Å². The average Bonchev–Trinajstić information content (AvgIpc) is 3.02. The van der Waals surface area contributed by atoms with Gasteiger partial charge in [-0.1, -0.05) is 0 Å². The number of halogens is 4. The third-order valence-corrected chi connectivity index (χ3v) is 3.48. The van der Waals surface area contributed by atoms with Gasteiger partial charge in [-0.2, -0.15) is 5.10 Å². The van der Waals surface area contributed by atoms with Gasteiger partial charge in [0.05, 0.1) is 23.2 Å². The van der Waals surface area contributed by atoms with Gasteiger partial charge >= 0.3 is 5.97 Å². The summed E-state index contributed by atoms with van der Waals surface area (Å²) in [7, 11) is 0. The van der Waals surface area contributed by atoms with Crippen molar-refractivity contribution < 1.29 is 27.5 Å². The van der Waals surface area contributed by atoms with Gasteiger partial charge in [0.2, 0.25) is 0 Å². The first-order valence-electron chi connectivity index (χ1n) is 6.90. The minimum atomic E-state index is -1.68. The van der Waals surface area contributed by atoms with Crippen molar-refractivity contribution in [2.75, 3.05) is 0 Å². The zero-order valence-corrected chi connectivity index (χ0v) is 12.4. The Hall–Kier alpha value is -3.23. The van der Waals surface area contributed by atoms with E-state index >= 15 is 0 Å². The molecular weight excluding hydrogens is 342 g/mol. The van der Waals surface area contributed by atoms with Crippen LogP contribution in [0, 0.1) is 23.3 Å². The molecule has 0 unspecified atom stereocenters. The SMILES string of the molecule is O=C(O)c1ccc(F)c(-c2c(F)cc(Cn3cncn3)cc2F)c1F. The fraction of sp³-hybridized carbons (Fsp3) is 0.0625. The molecule has 0 saturated heterocycles. The number of carbonyl (C=O) groups is 1. The topological polar surface area (TPSA) is 68.0 Å². The van der Waals surface area contributed by atoms with Gasteiger partial charge in [-0.25, -0.2) is 32.0 Å². The molecule has 0 bridgehead atoms. The van der Waals surface area contributed by atoms with Gasteiger partial charge in [0, 0.05) is 0 Å². The Morgan fingerprint density at radius 1 is 1.04 bits per heavy atom. The Kier molecular flexibility index (Phi) is 4.22. The van der Waals surface area contributed by atoms with Crippen LogP contribution in [0.15, 0.2) is 36.9 Å². The van der Waals surface area contributed by atoms with E-state index in [1.807, 2.05) is 0 Å². The number of carboxylic acids is 1. The normalized spacial score (nSPS) is 10.9. The molecule has 5 nitrogen and oxygen atoms in total. The number of benzene rings is 2. The highest BCUT2D eigenvalue weighted by Crippen LogP contribution is 2.33. The highest BCUT2D eigenvalue weighted by Gasteiger charge is 2.25. The molecule has 9 heteroatoms. The smallest absolute Gasteiger partial charge is 0.338 e. The van der Waals surface area contributed by atoms with Crippen LogP contribution in [0.3, 0.4) is 0 Å². The summed E-state index contributed by atoms with van der Waals surface area (Å²) in [5.74, 6) is -6.95. The van der Waals surface area contributed by atoms with Crippen LogP contribution in [-0.4, -0.2) is 25.8 Å². The van der Waals surface area contributed by atoms with Gasteiger partial charge < -0.3 is 5.11 Å². The summed E-state index contributed by atoms with van der Waals surface area (Å²) < 4.78 is 58.2. The maximum atomic E-state index is 14.4. The Morgan fingerprint density at radius 3 is 2.28 bits per heavy atom. The molecule has 3 aromatic rings. The molecular formula is C16H9F4N3O2. The van der Waals surface area contributed by atoms with Crippen molar-refractivity contribution in [1.82, 2.24) is 14.8 Å². The standard InChI is InChI=1S/C16H9F4N3O2/c17-10-2-1-9(16(24)25)15(20)14(10)13-11(18)3-8(4-12(13)19)5-23-7-21-6-22-23/h1-4,6-7H,5H2,(H,24,25). The van der Waals surface area contributed by atoms with E-state index in [0.29, 0.717) is 12.1 Å². The number of hydrogen-bond donors (Lipinski definition) is 1. The van der Waals surface area contributed by atoms with Crippen LogP contribution < -0.4 is 0 Å². The van der Waals surface area contributed by atoms with Crippen LogP contribution in [0.2, 0.25) is 0 Å². The fourth-order valence-corrected chi connectivity index (χ4v) is 2.40. The molecule has 3 rings (SSSR count). The first kappa shape index (κ1) is 16.6. The van der Waals surface area contributed by atoms with Crippen molar-refractivity contribution in [3.05, 3.63) is 71.3 Å². The largest absolute Gasteiger partial charge is 0.478 e. The third-order valence-electron chi connectivity index (χ3n) is 3.48. The first-order valence-corrected chi connectivity index (χ1v) is 6.90. The second-order valence-electron chi connectivity index (χ2n) is 5.12. The lowest BCUT2D eigenvalue weighted by Crippen LogP contribution is -2.07. The molecule has 1 N–H and O–H groups in total. The Bertz CT molecular complexity index is 935. The number of carboxylic acid groups (broad SMARTS) is 1. The maximum Gasteiger partial charge on any atom is 0.338 e. The van der Waals surface area contributed by atoms with Gasteiger partial charge in [-0.15, -0.1) is 0 Å². The van der Waals surface area contributed by atoms with E-state index in [9.17, 15) is 22.4 Å². The first-order chi connectivity index (χ1) is 11.9. The van der Waals surface area contributed by atoms with Gasteiger partial charge in [-0.05, 0) is 29.8 Å². The molecule has 0 aliphatic carbocycles. The van der Waals surface area contributed by atoms with Crippen molar-refractivity contribution >= 4 is 5.97 Å². The number of aromatic carboxylic acids is 1. The lowest BCUT2D eigenvalue weighted by Gasteiger charge is -2.11. The van der Waals surface area contributed by atoms with E-state index in [0.717, 1.165) is 12.1 Å². The van der Waals surface area contributed by atoms with Gasteiger partial charge in [0.25, 0.3) is 0 Å². The van der Waals surface area contributed by atoms with E-state index in [1.54, 1.807) is 0 Å². The second-order valence-corrected chi connectivity index (χ2v) is 5.12. The van der Waals surface area contributed by atoms with Gasteiger partial charge in [-0.3, -0.25) is 0 Å². The third kappa shape index (κ3) is 3.08. The van der Waals surface area contributed by atoms with Crippen LogP contribution in [0.1, 0.15) is 15.9 Å². The second kappa shape index (κ2) is 6.34. The molecule has 0 atom stereocenters. The van der Waals surface area contributed by atoms with E-state index in [2.05, 4.69) is 10.1 Å². The number of hydrogen-bond acceptors (Lipinski definition) is 3. The summed E-state index contributed by atoms with van der Waals surface area (Å²) in [5, 5.41) is 12.7. The predicted octanol–water partition coefficient (Wildman–Crippen LogP) is 3.25. The molecule has 25 heavy (non-hydrogen) atoms. The van der Waals surface area contributed by atoms with Crippen LogP contribution in [0.25, 0.3) is 11.1 Å². The summed E-state index contributed by atoms with van der Waals surface area (Å²) in [6.07, 6.45) is 2.57. The zero-order valence-electron chi connectivity index (χ0n) is 12.4. The van der Waals surface area contributed by atoms with Crippen LogP contribution >= 0.6 is 0 Å². The summed E-state index contributed by atoms with van der Waals surface area (Å²) in [4.78, 5) is 14.6. The molecule has 2 aromatic carbocycles. The Labute approximate surface area is 138 Å². The van der Waals surface area contributed by atoms with E-state index in [4.69, 9.17) is 5.11 Å². The minimum absolute atomic E-state index is 0.00570. The number of rotatable bonds is 4. The average molecular weight is 351 g/mol. The zero-order chi connectivity index (χ0) is 18.1. The summed E-state index contributed by atoms with van der Waals surface area (Å²) in [6.45, 7) is -0.00570. The molecule has 1 aromatic heterocycles. The molecule has 0 aliphatic rings. The van der Waals surface area contributed by atoms with Crippen LogP contribution in [-0.2, 0) is 6.54 Å². The minimum Gasteiger partial charge on any atom is -0.478 e. The van der Waals surface area contributed by atoms with Crippen LogP contribution in [0.4, 0.5) is 17.6 Å². The molecule has 0 fully saturated rings. The van der Waals surface area contributed by atoms with E-state index < -0.39 is 45.9 Å². The molecule has 0 saturated carbocycles. The lowest BCUT2D eigenvalue weighted by molar-refractivity contribution is 0.0692. The Morgan fingerprint density at radius 2 is 1.72 bits per heavy atom.